The van der Waals surface area contributed by atoms with Gasteiger partial charge < -0.3 is 10.4 Å². The van der Waals surface area contributed by atoms with E-state index in [1.807, 2.05) is 6.92 Å². The number of aryl methyl sites for hydroxylation is 1. The Morgan fingerprint density at radius 1 is 1.32 bits per heavy atom. The number of nitrogens with one attached hydrogen (secondary N) is 1. The van der Waals surface area contributed by atoms with Crippen molar-refractivity contribution in [2.24, 2.45) is 5.92 Å². The molecule has 0 aromatic carbocycles. The second-order valence-electron chi connectivity index (χ2n) is 6.41. The smallest absolute Gasteiger partial charge is 0.451 e. The molecule has 25 heavy (non-hydrogen) atoms. The molecule has 0 bridgehead atoms. The minimum atomic E-state index is -4.79. The molecule has 9 heteroatoms. The van der Waals surface area contributed by atoms with Gasteiger partial charge in [0.25, 0.3) is 5.91 Å². The van der Waals surface area contributed by atoms with E-state index in [0.717, 1.165) is 12.5 Å². The number of hydrogen-bond acceptors (Lipinski definition) is 4. The molecule has 1 aromatic heterocycles. The number of aliphatic carboxylic acids is 1. The number of carbonyl (C=O) groups is 2. The maximum Gasteiger partial charge on any atom is 0.451 e. The van der Waals surface area contributed by atoms with Crippen molar-refractivity contribution in [2.75, 3.05) is 0 Å². The van der Waals surface area contributed by atoms with E-state index in [1.165, 1.54) is 6.92 Å². The fourth-order valence-electron chi connectivity index (χ4n) is 3.06. The fraction of sp³-hybridized carbons (Fsp3) is 0.625. The highest BCUT2D eigenvalue weighted by molar-refractivity contribution is 5.96. The number of alkyl halides is 3. The fourth-order valence-corrected chi connectivity index (χ4v) is 3.06. The molecular formula is C16H20F3N3O3. The lowest BCUT2D eigenvalue weighted by Crippen LogP contribution is -2.56. The summed E-state index contributed by atoms with van der Waals surface area (Å²) in [6.45, 7) is 3.33. The molecule has 1 amide bonds. The van der Waals surface area contributed by atoms with Crippen LogP contribution in [0.1, 0.15) is 61.0 Å². The Balaban J connectivity index is 2.25. The van der Waals surface area contributed by atoms with Crippen LogP contribution in [0.3, 0.4) is 0 Å². The molecule has 2 rings (SSSR count). The van der Waals surface area contributed by atoms with E-state index in [2.05, 4.69) is 15.3 Å². The number of carbonyl (C=O) groups excluding carboxylic acids is 1. The summed E-state index contributed by atoms with van der Waals surface area (Å²) in [5.41, 5.74) is -1.98. The third kappa shape index (κ3) is 4.26. The third-order valence-electron chi connectivity index (χ3n) is 4.64. The number of hydrogen-bond donors (Lipinski definition) is 2. The summed E-state index contributed by atoms with van der Waals surface area (Å²) < 4.78 is 38.4. The lowest BCUT2D eigenvalue weighted by Gasteiger charge is -2.37. The van der Waals surface area contributed by atoms with Crippen LogP contribution in [0.2, 0.25) is 0 Å². The molecule has 0 unspecified atom stereocenters. The average molecular weight is 359 g/mol. The minimum Gasteiger partial charge on any atom is -0.480 e. The molecule has 1 fully saturated rings. The monoisotopic (exact) mass is 359 g/mol. The van der Waals surface area contributed by atoms with Gasteiger partial charge in [0.2, 0.25) is 5.82 Å². The molecule has 138 valence electrons. The number of amides is 1. The number of aromatic nitrogens is 2. The van der Waals surface area contributed by atoms with E-state index in [9.17, 15) is 27.9 Å². The predicted molar refractivity (Wildman–Crippen MR) is 81.9 cm³/mol. The van der Waals surface area contributed by atoms with Crippen molar-refractivity contribution < 1.29 is 27.9 Å². The van der Waals surface area contributed by atoms with Gasteiger partial charge in [-0.2, -0.15) is 13.2 Å². The summed E-state index contributed by atoms with van der Waals surface area (Å²) in [6.07, 6.45) is -2.11. The molecule has 1 aliphatic rings. The van der Waals surface area contributed by atoms with Gasteiger partial charge >= 0.3 is 12.1 Å². The Morgan fingerprint density at radius 2 is 1.92 bits per heavy atom. The highest BCUT2D eigenvalue weighted by atomic mass is 19.4. The van der Waals surface area contributed by atoms with Crippen LogP contribution in [0, 0.1) is 12.8 Å². The van der Waals surface area contributed by atoms with Crippen LogP contribution in [0.4, 0.5) is 13.2 Å². The van der Waals surface area contributed by atoms with Gasteiger partial charge in [0.05, 0.1) is 0 Å². The summed E-state index contributed by atoms with van der Waals surface area (Å²) in [5.74, 6) is -3.15. The zero-order valence-electron chi connectivity index (χ0n) is 14.0. The molecule has 0 radical (unpaired) electrons. The first-order chi connectivity index (χ1) is 11.6. The highest BCUT2D eigenvalue weighted by Gasteiger charge is 2.43. The molecule has 6 nitrogen and oxygen atoms in total. The molecule has 1 aromatic rings. The molecular weight excluding hydrogens is 339 g/mol. The lowest BCUT2D eigenvalue weighted by atomic mass is 9.75. The average Bonchev–Trinajstić information content (AvgIpc) is 2.54. The molecule has 0 aliphatic heterocycles. The van der Waals surface area contributed by atoms with Gasteiger partial charge in [-0.15, -0.1) is 0 Å². The van der Waals surface area contributed by atoms with Crippen molar-refractivity contribution in [1.82, 2.24) is 15.3 Å². The summed E-state index contributed by atoms with van der Waals surface area (Å²) in [7, 11) is 0. The highest BCUT2D eigenvalue weighted by Crippen LogP contribution is 2.34. The molecule has 0 atom stereocenters. The minimum absolute atomic E-state index is 0.0217. The van der Waals surface area contributed by atoms with Crippen LogP contribution >= 0.6 is 0 Å². The van der Waals surface area contributed by atoms with Crippen LogP contribution < -0.4 is 5.32 Å². The van der Waals surface area contributed by atoms with E-state index in [-0.39, 0.29) is 18.5 Å². The van der Waals surface area contributed by atoms with Crippen molar-refractivity contribution in [2.45, 2.75) is 57.7 Å². The normalized spacial score (nSPS) is 24.0. The predicted octanol–water partition coefficient (Wildman–Crippen LogP) is 2.96. The Bertz CT molecular complexity index is 668. The Hall–Kier alpha value is -2.19. The van der Waals surface area contributed by atoms with Gasteiger partial charge in [0, 0.05) is 5.69 Å². The number of carboxylic acid groups (broad SMARTS) is 1. The maximum absolute atomic E-state index is 12.8. The topological polar surface area (TPSA) is 92.2 Å². The summed E-state index contributed by atoms with van der Waals surface area (Å²) in [5, 5.41) is 12.0. The van der Waals surface area contributed by atoms with Crippen molar-refractivity contribution in [3.63, 3.8) is 0 Å². The van der Waals surface area contributed by atoms with Gasteiger partial charge in [-0.1, -0.05) is 13.3 Å². The Morgan fingerprint density at radius 3 is 2.40 bits per heavy atom. The van der Waals surface area contributed by atoms with Crippen LogP contribution in [-0.4, -0.2) is 32.5 Å². The SMILES string of the molecule is CCC1CCC(NC(=O)c2cc(C)nc(C(F)(F)F)n2)(C(=O)O)CC1. The molecule has 1 saturated carbocycles. The van der Waals surface area contributed by atoms with Crippen molar-refractivity contribution in [3.05, 3.63) is 23.3 Å². The van der Waals surface area contributed by atoms with Crippen LogP contribution in [0.25, 0.3) is 0 Å². The molecule has 0 spiro atoms. The van der Waals surface area contributed by atoms with Gasteiger partial charge in [0.15, 0.2) is 0 Å². The Kier molecular flexibility index (Phi) is 5.34. The standard InChI is InChI=1S/C16H20F3N3O3/c1-3-10-4-6-15(7-5-10,14(24)25)22-12(23)11-8-9(2)20-13(21-11)16(17,18)19/h8,10H,3-7H2,1-2H3,(H,22,23)(H,24,25). The van der Waals surface area contributed by atoms with Gasteiger partial charge in [0.1, 0.15) is 11.2 Å². The first-order valence-electron chi connectivity index (χ1n) is 8.06. The number of carboxylic acids is 1. The van der Waals surface area contributed by atoms with Crippen LogP contribution in [0.15, 0.2) is 6.07 Å². The van der Waals surface area contributed by atoms with Crippen LogP contribution in [0.5, 0.6) is 0 Å². The first kappa shape index (κ1) is 19.1. The molecule has 0 saturated heterocycles. The molecule has 1 heterocycles. The third-order valence-corrected chi connectivity index (χ3v) is 4.64. The van der Waals surface area contributed by atoms with E-state index in [1.54, 1.807) is 0 Å². The summed E-state index contributed by atoms with van der Waals surface area (Å²) >= 11 is 0. The van der Waals surface area contributed by atoms with Gasteiger partial charge in [-0.3, -0.25) is 4.79 Å². The zero-order valence-corrected chi connectivity index (χ0v) is 14.0. The van der Waals surface area contributed by atoms with Crippen LogP contribution in [-0.2, 0) is 11.0 Å². The van der Waals surface area contributed by atoms with Gasteiger partial charge in [-0.05, 0) is 44.6 Å². The molecule has 1 aliphatic carbocycles. The number of halogens is 3. The van der Waals surface area contributed by atoms with E-state index < -0.39 is 35.1 Å². The quantitative estimate of drug-likeness (QED) is 0.862. The second kappa shape index (κ2) is 6.97. The van der Waals surface area contributed by atoms with Crippen molar-refractivity contribution >= 4 is 11.9 Å². The lowest BCUT2D eigenvalue weighted by molar-refractivity contribution is -0.147. The largest absolute Gasteiger partial charge is 0.480 e. The zero-order chi connectivity index (χ0) is 18.8. The van der Waals surface area contributed by atoms with E-state index in [4.69, 9.17) is 0 Å². The first-order valence-corrected chi connectivity index (χ1v) is 8.06. The summed E-state index contributed by atoms with van der Waals surface area (Å²) in [6, 6.07) is 1.11. The van der Waals surface area contributed by atoms with E-state index >= 15 is 0 Å². The maximum atomic E-state index is 12.8. The van der Waals surface area contributed by atoms with E-state index in [0.29, 0.717) is 18.8 Å². The Labute approximate surface area is 142 Å². The van der Waals surface area contributed by atoms with Gasteiger partial charge in [-0.25, -0.2) is 14.8 Å². The number of nitrogens with zero attached hydrogens (tertiary/aromatic N) is 2. The molecule has 2 N–H and O–H groups in total. The second-order valence-corrected chi connectivity index (χ2v) is 6.41. The van der Waals surface area contributed by atoms with Crippen molar-refractivity contribution in [1.29, 1.82) is 0 Å². The van der Waals surface area contributed by atoms with Crippen molar-refractivity contribution in [3.8, 4) is 0 Å². The summed E-state index contributed by atoms with van der Waals surface area (Å²) in [4.78, 5) is 30.6. The number of rotatable bonds is 4.